The van der Waals surface area contributed by atoms with Gasteiger partial charge in [-0.15, -0.1) is 0 Å². The summed E-state index contributed by atoms with van der Waals surface area (Å²) in [5.74, 6) is -0.632. The second-order valence-electron chi connectivity index (χ2n) is 2.99. The van der Waals surface area contributed by atoms with Gasteiger partial charge in [-0.2, -0.15) is 0 Å². The lowest BCUT2D eigenvalue weighted by Gasteiger charge is -2.00. The van der Waals surface area contributed by atoms with E-state index in [2.05, 4.69) is 10.3 Å². The van der Waals surface area contributed by atoms with Gasteiger partial charge in [0.05, 0.1) is 0 Å². The maximum atomic E-state index is 10.7. The molecular weight excluding hydrogens is 196 g/mol. The molecule has 5 nitrogen and oxygen atoms in total. The molecule has 0 unspecified atom stereocenters. The Hall–Kier alpha value is -2.17. The molecule has 1 heterocycles. The van der Waals surface area contributed by atoms with Crippen molar-refractivity contribution < 1.29 is 14.0 Å². The van der Waals surface area contributed by atoms with Crippen molar-refractivity contribution in [2.75, 3.05) is 0 Å². The Morgan fingerprint density at radius 1 is 1.53 bits per heavy atom. The number of carbonyl (C=O) groups excluding carboxylic acids is 2. The van der Waals surface area contributed by atoms with Gasteiger partial charge in [-0.1, -0.05) is 6.07 Å². The van der Waals surface area contributed by atoms with Gasteiger partial charge in [0.1, 0.15) is 5.52 Å². The zero-order valence-electron chi connectivity index (χ0n) is 7.77. The average molecular weight is 204 g/mol. The highest BCUT2D eigenvalue weighted by atomic mass is 16.3. The van der Waals surface area contributed by atoms with E-state index in [-0.39, 0.29) is 6.29 Å². The zero-order valence-corrected chi connectivity index (χ0v) is 7.77. The molecule has 0 aliphatic rings. The van der Waals surface area contributed by atoms with E-state index in [0.717, 1.165) is 11.1 Å². The molecule has 5 heteroatoms. The minimum absolute atomic E-state index is 0.243. The lowest BCUT2D eigenvalue weighted by atomic mass is 10.2. The van der Waals surface area contributed by atoms with E-state index < -0.39 is 5.91 Å². The maximum Gasteiger partial charge on any atom is 0.284 e. The van der Waals surface area contributed by atoms with Gasteiger partial charge >= 0.3 is 0 Å². The Labute approximate surface area is 85.1 Å². The van der Waals surface area contributed by atoms with Gasteiger partial charge in [-0.3, -0.25) is 9.59 Å². The monoisotopic (exact) mass is 204 g/mol. The molecule has 76 valence electrons. The minimum Gasteiger partial charge on any atom is -0.443 e. The molecular formula is C10H8N2O3. The third-order valence-corrected chi connectivity index (χ3v) is 1.97. The van der Waals surface area contributed by atoms with Crippen molar-refractivity contribution in [2.45, 2.75) is 6.54 Å². The van der Waals surface area contributed by atoms with Crippen LogP contribution in [0.25, 0.3) is 11.1 Å². The summed E-state index contributed by atoms with van der Waals surface area (Å²) in [5, 5.41) is 2.44. The highest BCUT2D eigenvalue weighted by Crippen LogP contribution is 2.13. The van der Waals surface area contributed by atoms with Crippen LogP contribution < -0.4 is 5.32 Å². The molecule has 2 aromatic rings. The molecule has 0 aliphatic heterocycles. The summed E-state index contributed by atoms with van der Waals surface area (Å²) in [5.41, 5.74) is 2.28. The van der Waals surface area contributed by atoms with Crippen LogP contribution in [-0.2, 0) is 16.1 Å². The molecule has 1 aromatic carbocycles. The van der Waals surface area contributed by atoms with Crippen molar-refractivity contribution in [3.05, 3.63) is 30.2 Å². The predicted molar refractivity (Wildman–Crippen MR) is 51.9 cm³/mol. The third kappa shape index (κ3) is 2.01. The Bertz CT molecular complexity index is 504. The molecule has 0 radical (unpaired) electrons. The molecule has 0 saturated carbocycles. The third-order valence-electron chi connectivity index (χ3n) is 1.97. The predicted octanol–water partition coefficient (Wildman–Crippen LogP) is 0.643. The van der Waals surface area contributed by atoms with Crippen LogP contribution in [0.15, 0.2) is 29.0 Å². The molecule has 0 spiro atoms. The Balaban J connectivity index is 2.14. The first kappa shape index (κ1) is 9.39. The van der Waals surface area contributed by atoms with Crippen molar-refractivity contribution in [2.24, 2.45) is 0 Å². The van der Waals surface area contributed by atoms with Gasteiger partial charge < -0.3 is 9.73 Å². The Morgan fingerprint density at radius 3 is 3.20 bits per heavy atom. The number of fused-ring (bicyclic) bond motifs is 1. The van der Waals surface area contributed by atoms with Crippen molar-refractivity contribution in [3.8, 4) is 0 Å². The second-order valence-corrected chi connectivity index (χ2v) is 2.99. The molecule has 1 amide bonds. The Morgan fingerprint density at radius 2 is 2.40 bits per heavy atom. The number of hydrogen-bond acceptors (Lipinski definition) is 4. The van der Waals surface area contributed by atoms with Crippen LogP contribution in [0.5, 0.6) is 0 Å². The van der Waals surface area contributed by atoms with Crippen molar-refractivity contribution >= 4 is 23.3 Å². The van der Waals surface area contributed by atoms with Crippen LogP contribution >= 0.6 is 0 Å². The van der Waals surface area contributed by atoms with E-state index in [0.29, 0.717) is 12.1 Å². The Kier molecular flexibility index (Phi) is 2.45. The summed E-state index contributed by atoms with van der Waals surface area (Å²) >= 11 is 0. The number of benzene rings is 1. The van der Waals surface area contributed by atoms with Crippen LogP contribution in [-0.4, -0.2) is 17.2 Å². The average Bonchev–Trinajstić information content (AvgIpc) is 2.72. The van der Waals surface area contributed by atoms with E-state index in [1.807, 2.05) is 6.07 Å². The highest BCUT2D eigenvalue weighted by Gasteiger charge is 2.01. The van der Waals surface area contributed by atoms with E-state index >= 15 is 0 Å². The fourth-order valence-electron chi connectivity index (χ4n) is 1.24. The lowest BCUT2D eigenvalue weighted by molar-refractivity contribution is -0.131. The van der Waals surface area contributed by atoms with Crippen LogP contribution in [0.4, 0.5) is 0 Å². The number of oxazole rings is 1. The van der Waals surface area contributed by atoms with Gasteiger partial charge in [0.15, 0.2) is 12.0 Å². The van der Waals surface area contributed by atoms with E-state index in [1.54, 1.807) is 12.1 Å². The van der Waals surface area contributed by atoms with Gasteiger partial charge in [-0.25, -0.2) is 4.98 Å². The first-order chi connectivity index (χ1) is 7.29. The van der Waals surface area contributed by atoms with Gasteiger partial charge in [0.25, 0.3) is 5.91 Å². The van der Waals surface area contributed by atoms with E-state index in [4.69, 9.17) is 4.42 Å². The summed E-state index contributed by atoms with van der Waals surface area (Å²) in [6.45, 7) is 0.300. The molecule has 0 fully saturated rings. The molecule has 2 rings (SSSR count). The first-order valence-corrected chi connectivity index (χ1v) is 4.35. The standard InChI is InChI=1S/C10H8N2O3/c13-5-10(14)11-4-7-1-2-8-9(3-7)15-6-12-8/h1-3,5-6H,4H2,(H,11,14). The molecule has 1 N–H and O–H groups in total. The number of rotatable bonds is 3. The SMILES string of the molecule is O=CC(=O)NCc1ccc2ncoc2c1. The number of amides is 1. The molecule has 0 bridgehead atoms. The first-order valence-electron chi connectivity index (χ1n) is 4.35. The molecule has 0 saturated heterocycles. The number of hydrogen-bond donors (Lipinski definition) is 1. The normalized spacial score (nSPS) is 10.1. The topological polar surface area (TPSA) is 72.2 Å². The van der Waals surface area contributed by atoms with Crippen LogP contribution in [0.2, 0.25) is 0 Å². The summed E-state index contributed by atoms with van der Waals surface area (Å²) in [4.78, 5) is 24.7. The fraction of sp³-hybridized carbons (Fsp3) is 0.100. The number of nitrogens with one attached hydrogen (secondary N) is 1. The van der Waals surface area contributed by atoms with Crippen molar-refractivity contribution in [3.63, 3.8) is 0 Å². The van der Waals surface area contributed by atoms with Crippen molar-refractivity contribution in [1.29, 1.82) is 0 Å². The summed E-state index contributed by atoms with van der Waals surface area (Å²) in [6, 6.07) is 5.38. The molecule has 0 aliphatic carbocycles. The van der Waals surface area contributed by atoms with Crippen LogP contribution in [0.1, 0.15) is 5.56 Å². The summed E-state index contributed by atoms with van der Waals surface area (Å²) in [6.07, 6.45) is 1.60. The highest BCUT2D eigenvalue weighted by molar-refractivity contribution is 6.23. The van der Waals surface area contributed by atoms with Crippen LogP contribution in [0.3, 0.4) is 0 Å². The molecule has 0 atom stereocenters. The second kappa shape index (κ2) is 3.91. The van der Waals surface area contributed by atoms with Gasteiger partial charge in [0.2, 0.25) is 6.29 Å². The van der Waals surface area contributed by atoms with Crippen molar-refractivity contribution in [1.82, 2.24) is 10.3 Å². The van der Waals surface area contributed by atoms with E-state index in [9.17, 15) is 9.59 Å². The van der Waals surface area contributed by atoms with Crippen LogP contribution in [0, 0.1) is 0 Å². The fourth-order valence-corrected chi connectivity index (χ4v) is 1.24. The summed E-state index contributed by atoms with van der Waals surface area (Å²) in [7, 11) is 0. The smallest absolute Gasteiger partial charge is 0.284 e. The largest absolute Gasteiger partial charge is 0.443 e. The summed E-state index contributed by atoms with van der Waals surface area (Å²) < 4.78 is 5.10. The number of aldehydes is 1. The lowest BCUT2D eigenvalue weighted by Crippen LogP contribution is -2.23. The number of aromatic nitrogens is 1. The number of carbonyl (C=O) groups is 2. The number of nitrogens with zero attached hydrogens (tertiary/aromatic N) is 1. The molecule has 15 heavy (non-hydrogen) atoms. The quantitative estimate of drug-likeness (QED) is 0.588. The minimum atomic E-state index is -0.632. The maximum absolute atomic E-state index is 10.7. The molecule has 1 aromatic heterocycles. The van der Waals surface area contributed by atoms with Gasteiger partial charge in [0, 0.05) is 6.54 Å². The van der Waals surface area contributed by atoms with Gasteiger partial charge in [-0.05, 0) is 17.7 Å². The van der Waals surface area contributed by atoms with E-state index in [1.165, 1.54) is 6.39 Å². The zero-order chi connectivity index (χ0) is 10.7.